The quantitative estimate of drug-likeness (QED) is 0.243. The highest BCUT2D eigenvalue weighted by Gasteiger charge is 2.42. The van der Waals surface area contributed by atoms with Crippen LogP contribution in [-0.2, 0) is 0 Å². The van der Waals surface area contributed by atoms with Gasteiger partial charge < -0.3 is 8.53 Å². The number of aromatic nitrogens is 1. The smallest absolute Gasteiger partial charge is 0.596 e. The molecule has 0 spiro atoms. The van der Waals surface area contributed by atoms with E-state index in [9.17, 15) is 0 Å². The molecule has 0 bridgehead atoms. The summed E-state index contributed by atoms with van der Waals surface area (Å²) in [6.07, 6.45) is 1.86. The number of para-hydroxylation sites is 1. The summed E-state index contributed by atoms with van der Waals surface area (Å²) in [5.41, 5.74) is 4.19. The summed E-state index contributed by atoms with van der Waals surface area (Å²) in [6, 6.07) is 28.7. The maximum atomic E-state index is 6.50. The Morgan fingerprint density at radius 3 is 2.29 bits per heavy atom. The number of ether oxygens (including phenoxy) is 1. The van der Waals surface area contributed by atoms with Gasteiger partial charge in [0.05, 0.1) is 5.75 Å². The van der Waals surface area contributed by atoms with Gasteiger partial charge in [0.15, 0.2) is 0 Å². The predicted molar refractivity (Wildman–Crippen MR) is 130 cm³/mol. The van der Waals surface area contributed by atoms with Gasteiger partial charge in [0.25, 0.3) is 0 Å². The summed E-state index contributed by atoms with van der Waals surface area (Å²) in [4.78, 5) is 4.69. The van der Waals surface area contributed by atoms with Crippen molar-refractivity contribution in [3.05, 3.63) is 103 Å². The zero-order valence-electron chi connectivity index (χ0n) is 18.2. The minimum Gasteiger partial charge on any atom is -0.641 e. The maximum absolute atomic E-state index is 6.50. The lowest BCUT2D eigenvalue weighted by Gasteiger charge is -2.30. The van der Waals surface area contributed by atoms with Crippen LogP contribution in [0.1, 0.15) is 12.6 Å². The van der Waals surface area contributed by atoms with Gasteiger partial charge in [-0.05, 0) is 49.2 Å². The Morgan fingerprint density at radius 2 is 1.58 bits per heavy atom. The van der Waals surface area contributed by atoms with E-state index in [1.54, 1.807) is 0 Å². The number of aryl methyl sites for hydroxylation is 1. The third-order valence-corrected chi connectivity index (χ3v) is 8.23. The average molecular weight is 423 g/mol. The Morgan fingerprint density at radius 1 is 0.871 bits per heavy atom. The van der Waals surface area contributed by atoms with Gasteiger partial charge in [-0.2, -0.15) is 0 Å². The van der Waals surface area contributed by atoms with E-state index in [-0.39, 0.29) is 0 Å². The van der Waals surface area contributed by atoms with Gasteiger partial charge >= 0.3 is 14.5 Å². The molecule has 0 radical (unpaired) electrons. The zero-order chi connectivity index (χ0) is 21.8. The van der Waals surface area contributed by atoms with Crippen LogP contribution in [-0.4, -0.2) is 23.9 Å². The van der Waals surface area contributed by atoms with Crippen molar-refractivity contribution in [2.24, 2.45) is 0 Å². The molecule has 1 atom stereocenters. The lowest BCUT2D eigenvalue weighted by molar-refractivity contribution is 0.206. The number of nitrogens with zero attached hydrogens (tertiary/aromatic N) is 1. The Hall–Kier alpha value is -3.06. The molecule has 154 valence electrons. The van der Waals surface area contributed by atoms with Gasteiger partial charge in [-0.3, -0.25) is 0 Å². The lowest BCUT2D eigenvalue weighted by Crippen LogP contribution is -2.48. The molecule has 1 unspecified atom stereocenters. The molecule has 0 N–H and O–H groups in total. The fourth-order valence-electron chi connectivity index (χ4n) is 3.51. The largest absolute Gasteiger partial charge is 0.641 e. The van der Waals surface area contributed by atoms with Crippen LogP contribution >= 0.6 is 0 Å². The number of pyridine rings is 1. The first-order valence-electron chi connectivity index (χ1n) is 10.5. The number of fused-ring (bicyclic) bond motifs is 1. The molecule has 1 heterocycles. The van der Waals surface area contributed by atoms with Crippen molar-refractivity contribution < 1.29 is 8.53 Å². The molecular weight excluding hydrogens is 397 g/mol. The van der Waals surface area contributed by atoms with Crippen molar-refractivity contribution in [1.29, 1.82) is 0 Å². The normalized spacial score (nSPS) is 12.7. The van der Waals surface area contributed by atoms with Gasteiger partial charge in [-0.1, -0.05) is 72.5 Å². The highest BCUT2D eigenvalue weighted by molar-refractivity contribution is 6.55. The minimum atomic E-state index is -1.88. The average Bonchev–Trinajstić information content (AvgIpc) is 2.80. The highest BCUT2D eigenvalue weighted by Crippen LogP contribution is 2.30. The standard InChI is InChI=1S/C14H14NO.C12H10O.CH3.Al/c1-4-11(3)16-13-7-5-6-12-9-8-10(2)15-14(12)13;13-12-8-6-11(7-9-12)10-4-2-1-3-5-10;;/h4-9H,1H2,2-3H3;1-9,13H;1H3;/q;;;+1/p-1. The van der Waals surface area contributed by atoms with E-state index in [0.717, 1.165) is 28.1 Å². The fraction of sp³-hybridized carbons (Fsp3) is 0.148. The van der Waals surface area contributed by atoms with E-state index in [1.807, 2.05) is 74.5 Å². The molecule has 4 rings (SSSR count). The first kappa shape index (κ1) is 21.2. The van der Waals surface area contributed by atoms with Gasteiger partial charge in [-0.25, -0.2) is 4.98 Å². The number of benzene rings is 3. The molecular formula is C27H26AlNO2. The maximum Gasteiger partial charge on any atom is 0.596 e. The van der Waals surface area contributed by atoms with E-state index in [0.29, 0.717) is 0 Å². The van der Waals surface area contributed by atoms with Crippen LogP contribution in [0.25, 0.3) is 22.0 Å². The third kappa shape index (κ3) is 4.66. The molecule has 3 nitrogen and oxygen atoms in total. The second-order valence-corrected chi connectivity index (χ2v) is 10.6. The molecule has 0 aliphatic rings. The zero-order valence-corrected chi connectivity index (χ0v) is 19.4. The second-order valence-electron chi connectivity index (χ2n) is 7.92. The molecule has 31 heavy (non-hydrogen) atoms. The Bertz CT molecular complexity index is 1190. The van der Waals surface area contributed by atoms with Crippen molar-refractivity contribution in [2.75, 3.05) is 0 Å². The summed E-state index contributed by atoms with van der Waals surface area (Å²) in [6.45, 7) is 8.09. The molecule has 0 aliphatic carbocycles. The van der Waals surface area contributed by atoms with E-state index in [4.69, 9.17) is 13.5 Å². The van der Waals surface area contributed by atoms with Crippen molar-refractivity contribution in [3.63, 3.8) is 0 Å². The second kappa shape index (κ2) is 8.98. The first-order chi connectivity index (χ1) is 15.0. The van der Waals surface area contributed by atoms with Crippen molar-refractivity contribution in [1.82, 2.24) is 4.98 Å². The van der Waals surface area contributed by atoms with E-state index < -0.39 is 18.9 Å². The molecule has 0 saturated heterocycles. The number of rotatable bonds is 7. The van der Waals surface area contributed by atoms with E-state index >= 15 is 0 Å². The number of hydrogen-bond donors (Lipinski definition) is 0. The monoisotopic (exact) mass is 423 g/mol. The van der Waals surface area contributed by atoms with E-state index in [2.05, 4.69) is 42.7 Å². The first-order valence-corrected chi connectivity index (χ1v) is 12.7. The van der Waals surface area contributed by atoms with Crippen molar-refractivity contribution >= 4 is 25.4 Å². The van der Waals surface area contributed by atoms with E-state index in [1.165, 1.54) is 11.1 Å². The predicted octanol–water partition coefficient (Wildman–Crippen LogP) is 6.77. The van der Waals surface area contributed by atoms with Crippen LogP contribution in [0, 0.1) is 6.92 Å². The van der Waals surface area contributed by atoms with Crippen molar-refractivity contribution in [2.45, 2.75) is 24.1 Å². The lowest BCUT2D eigenvalue weighted by atomic mass is 10.1. The van der Waals surface area contributed by atoms with Crippen LogP contribution in [0.3, 0.4) is 0 Å². The molecule has 0 fully saturated rings. The molecule has 4 aromatic rings. The molecule has 1 aromatic heterocycles. The Balaban J connectivity index is 1.54. The summed E-state index contributed by atoms with van der Waals surface area (Å²) in [7, 11) is 0. The van der Waals surface area contributed by atoms with Crippen LogP contribution in [0.4, 0.5) is 0 Å². The summed E-state index contributed by atoms with van der Waals surface area (Å²) < 4.78 is 12.3. The Kier molecular flexibility index (Phi) is 6.13. The van der Waals surface area contributed by atoms with Crippen LogP contribution < -0.4 is 8.53 Å². The molecule has 0 aliphatic heterocycles. The van der Waals surface area contributed by atoms with Gasteiger partial charge in [0.1, 0.15) is 15.7 Å². The highest BCUT2D eigenvalue weighted by atomic mass is 27.2. The van der Waals surface area contributed by atoms with Crippen LogP contribution in [0.5, 0.6) is 11.5 Å². The molecule has 4 heteroatoms. The minimum absolute atomic E-state index is 0.599. The summed E-state index contributed by atoms with van der Waals surface area (Å²) in [5, 5.41) is 1.06. The molecule has 3 aromatic carbocycles. The SMILES string of the molecule is C=C[C](C)(Oc1cccc2ccc(C)nc12)[Al]([CH3])[O]c1ccc(-c2ccccc2)cc1. The third-order valence-electron chi connectivity index (χ3n) is 5.64. The molecule has 0 amide bonds. The summed E-state index contributed by atoms with van der Waals surface area (Å²) in [5.74, 6) is 3.74. The van der Waals surface area contributed by atoms with Gasteiger partial charge in [-0.15, -0.1) is 6.58 Å². The van der Waals surface area contributed by atoms with Gasteiger partial charge in [0.2, 0.25) is 0 Å². The topological polar surface area (TPSA) is 31.4 Å². The molecule has 0 saturated carbocycles. The van der Waals surface area contributed by atoms with Crippen molar-refractivity contribution in [3.8, 4) is 22.6 Å². The number of hydrogen-bond acceptors (Lipinski definition) is 3. The Labute approximate surface area is 188 Å². The van der Waals surface area contributed by atoms with Crippen LogP contribution in [0.2, 0.25) is 5.79 Å². The van der Waals surface area contributed by atoms with Gasteiger partial charge in [0, 0.05) is 11.1 Å². The fourth-order valence-corrected chi connectivity index (χ4v) is 4.93. The van der Waals surface area contributed by atoms with Crippen LogP contribution in [0.15, 0.2) is 97.6 Å². The summed E-state index contributed by atoms with van der Waals surface area (Å²) >= 11 is -1.88.